The summed E-state index contributed by atoms with van der Waals surface area (Å²) in [5, 5.41) is 2.89. The van der Waals surface area contributed by atoms with Crippen molar-refractivity contribution in [2.75, 3.05) is 6.54 Å². The number of thiazole rings is 1. The minimum absolute atomic E-state index is 0.0361. The lowest BCUT2D eigenvalue weighted by Crippen LogP contribution is -2.41. The number of rotatable bonds is 2. The number of aromatic nitrogens is 1. The molecule has 8 heteroatoms. The molecule has 26 heavy (non-hydrogen) atoms. The van der Waals surface area contributed by atoms with Crippen LogP contribution in [-0.2, 0) is 14.0 Å². The van der Waals surface area contributed by atoms with Crippen LogP contribution in [0.4, 0.5) is 4.79 Å². The molecule has 2 fully saturated rings. The van der Waals surface area contributed by atoms with E-state index in [1.165, 1.54) is 0 Å². The van der Waals surface area contributed by atoms with Gasteiger partial charge in [-0.05, 0) is 61.3 Å². The minimum atomic E-state index is -0.499. The number of hydrogen-bond acceptors (Lipinski definition) is 6. The van der Waals surface area contributed by atoms with E-state index in [1.54, 1.807) is 16.2 Å². The van der Waals surface area contributed by atoms with Gasteiger partial charge < -0.3 is 14.0 Å². The third kappa shape index (κ3) is 3.77. The summed E-state index contributed by atoms with van der Waals surface area (Å²) in [6, 6.07) is -0.0361. The molecule has 1 unspecified atom stereocenters. The van der Waals surface area contributed by atoms with E-state index >= 15 is 0 Å². The second kappa shape index (κ2) is 6.50. The SMILES string of the molecule is CC(C)(C)OC(=O)N1CCCC1c1nc(B2OC(C)(C)C(C)(C)O2)cs1. The van der Waals surface area contributed by atoms with Gasteiger partial charge in [0.2, 0.25) is 0 Å². The number of amides is 1. The smallest absolute Gasteiger partial charge is 0.444 e. The number of nitrogens with zero attached hydrogens (tertiary/aromatic N) is 2. The van der Waals surface area contributed by atoms with Gasteiger partial charge in [-0.3, -0.25) is 4.90 Å². The van der Waals surface area contributed by atoms with Crippen LogP contribution in [0.5, 0.6) is 0 Å². The molecule has 0 radical (unpaired) electrons. The lowest BCUT2D eigenvalue weighted by atomic mass is 9.86. The molecule has 0 bridgehead atoms. The van der Waals surface area contributed by atoms with Gasteiger partial charge in [-0.2, -0.15) is 0 Å². The zero-order valence-electron chi connectivity index (χ0n) is 16.8. The molecule has 0 spiro atoms. The molecule has 3 rings (SSSR count). The molecule has 0 N–H and O–H groups in total. The molecule has 3 heterocycles. The van der Waals surface area contributed by atoms with Crippen molar-refractivity contribution in [3.63, 3.8) is 0 Å². The number of carbonyl (C=O) groups is 1. The molecule has 6 nitrogen and oxygen atoms in total. The van der Waals surface area contributed by atoms with E-state index in [0.29, 0.717) is 6.54 Å². The first-order valence-electron chi connectivity index (χ1n) is 9.20. The molecule has 2 aliphatic heterocycles. The van der Waals surface area contributed by atoms with Gasteiger partial charge in [0, 0.05) is 11.9 Å². The van der Waals surface area contributed by atoms with E-state index in [2.05, 4.69) is 0 Å². The van der Waals surface area contributed by atoms with E-state index in [0.717, 1.165) is 23.4 Å². The number of carbonyl (C=O) groups excluding carboxylic acids is 1. The molecule has 1 amide bonds. The van der Waals surface area contributed by atoms with E-state index < -0.39 is 23.9 Å². The first-order valence-corrected chi connectivity index (χ1v) is 10.1. The van der Waals surface area contributed by atoms with Crippen molar-refractivity contribution < 1.29 is 18.8 Å². The average Bonchev–Trinajstić information content (AvgIpc) is 3.16. The fraction of sp³-hybridized carbons (Fsp3) is 0.778. The number of likely N-dealkylation sites (tertiary alicyclic amines) is 1. The van der Waals surface area contributed by atoms with Crippen LogP contribution in [0.3, 0.4) is 0 Å². The zero-order chi connectivity index (χ0) is 19.3. The maximum Gasteiger partial charge on any atom is 0.515 e. The second-order valence-corrected chi connectivity index (χ2v) is 9.92. The van der Waals surface area contributed by atoms with Crippen molar-refractivity contribution in [3.05, 3.63) is 10.4 Å². The van der Waals surface area contributed by atoms with Gasteiger partial charge in [-0.15, -0.1) is 11.3 Å². The molecule has 1 aromatic rings. The summed E-state index contributed by atoms with van der Waals surface area (Å²) in [5.41, 5.74) is -0.505. The Balaban J connectivity index is 1.74. The largest absolute Gasteiger partial charge is 0.515 e. The van der Waals surface area contributed by atoms with Gasteiger partial charge in [0.25, 0.3) is 0 Å². The van der Waals surface area contributed by atoms with Crippen molar-refractivity contribution in [2.45, 2.75) is 84.2 Å². The Labute approximate surface area is 160 Å². The Morgan fingerprint density at radius 1 is 1.31 bits per heavy atom. The van der Waals surface area contributed by atoms with Crippen molar-refractivity contribution in [2.24, 2.45) is 0 Å². The van der Waals surface area contributed by atoms with E-state index in [-0.39, 0.29) is 12.1 Å². The monoisotopic (exact) mass is 380 g/mol. The van der Waals surface area contributed by atoms with E-state index in [1.807, 2.05) is 53.8 Å². The van der Waals surface area contributed by atoms with Crippen LogP contribution in [0.25, 0.3) is 0 Å². The topological polar surface area (TPSA) is 60.9 Å². The molecule has 1 aromatic heterocycles. The lowest BCUT2D eigenvalue weighted by molar-refractivity contribution is 0.00578. The fourth-order valence-corrected chi connectivity index (χ4v) is 4.05. The summed E-state index contributed by atoms with van der Waals surface area (Å²) < 4.78 is 17.7. The van der Waals surface area contributed by atoms with Crippen LogP contribution in [0.15, 0.2) is 5.38 Å². The van der Waals surface area contributed by atoms with Gasteiger partial charge in [0.1, 0.15) is 10.6 Å². The second-order valence-electron chi connectivity index (χ2n) is 9.03. The summed E-state index contributed by atoms with van der Waals surface area (Å²) in [6.07, 6.45) is 1.58. The maximum atomic E-state index is 12.5. The predicted octanol–water partition coefficient (Wildman–Crippen LogP) is 3.51. The Morgan fingerprint density at radius 2 is 1.92 bits per heavy atom. The Kier molecular flexibility index (Phi) is 4.91. The van der Waals surface area contributed by atoms with E-state index in [9.17, 15) is 4.79 Å². The highest BCUT2D eigenvalue weighted by Crippen LogP contribution is 2.38. The molecule has 0 aliphatic carbocycles. The van der Waals surface area contributed by atoms with Crippen LogP contribution in [0.1, 0.15) is 72.4 Å². The number of hydrogen-bond donors (Lipinski definition) is 0. The molecule has 2 saturated heterocycles. The lowest BCUT2D eigenvalue weighted by Gasteiger charge is -2.32. The first kappa shape index (κ1) is 19.6. The zero-order valence-corrected chi connectivity index (χ0v) is 17.6. The van der Waals surface area contributed by atoms with Gasteiger partial charge in [0.15, 0.2) is 0 Å². The predicted molar refractivity (Wildman–Crippen MR) is 103 cm³/mol. The van der Waals surface area contributed by atoms with Crippen LogP contribution in [0.2, 0.25) is 0 Å². The number of ether oxygens (including phenoxy) is 1. The third-order valence-electron chi connectivity index (χ3n) is 5.20. The summed E-state index contributed by atoms with van der Waals surface area (Å²) in [4.78, 5) is 19.1. The molecule has 0 saturated carbocycles. The highest BCUT2D eigenvalue weighted by molar-refractivity contribution is 7.10. The Bertz CT molecular complexity index is 667. The van der Waals surface area contributed by atoms with Crippen molar-refractivity contribution in [1.29, 1.82) is 0 Å². The van der Waals surface area contributed by atoms with Crippen LogP contribution >= 0.6 is 11.3 Å². The maximum absolute atomic E-state index is 12.5. The summed E-state index contributed by atoms with van der Waals surface area (Å²) >= 11 is 1.55. The van der Waals surface area contributed by atoms with Crippen molar-refractivity contribution >= 4 is 30.1 Å². The molecule has 144 valence electrons. The molecular weight excluding hydrogens is 351 g/mol. The van der Waals surface area contributed by atoms with Crippen molar-refractivity contribution in [3.8, 4) is 0 Å². The van der Waals surface area contributed by atoms with Crippen LogP contribution in [-0.4, -0.2) is 46.4 Å². The van der Waals surface area contributed by atoms with Gasteiger partial charge in [-0.25, -0.2) is 9.78 Å². The third-order valence-corrected chi connectivity index (χ3v) is 6.16. The minimum Gasteiger partial charge on any atom is -0.444 e. The molecule has 0 aromatic carbocycles. The summed E-state index contributed by atoms with van der Waals surface area (Å²) in [5.74, 6) is 0. The van der Waals surface area contributed by atoms with Crippen LogP contribution < -0.4 is 5.59 Å². The normalized spacial score (nSPS) is 25.0. The summed E-state index contributed by atoms with van der Waals surface area (Å²) in [7, 11) is -0.471. The van der Waals surface area contributed by atoms with Crippen molar-refractivity contribution in [1.82, 2.24) is 9.88 Å². The Morgan fingerprint density at radius 3 is 2.50 bits per heavy atom. The standard InChI is InChI=1S/C18H29BN2O4S/c1-16(2,3)23-15(22)21-10-8-9-12(21)14-20-13(11-26-14)19-24-17(4,5)18(6,7)25-19/h11-12H,8-10H2,1-7H3. The molecule has 1 atom stereocenters. The quantitative estimate of drug-likeness (QED) is 0.735. The van der Waals surface area contributed by atoms with E-state index in [4.69, 9.17) is 19.0 Å². The van der Waals surface area contributed by atoms with Crippen LogP contribution in [0, 0.1) is 0 Å². The molecule has 2 aliphatic rings. The first-order chi connectivity index (χ1) is 11.9. The summed E-state index contributed by atoms with van der Waals surface area (Å²) in [6.45, 7) is 14.5. The van der Waals surface area contributed by atoms with Gasteiger partial charge in [0.05, 0.1) is 22.8 Å². The fourth-order valence-electron chi connectivity index (χ4n) is 3.09. The molecular formula is C18H29BN2O4S. The average molecular weight is 380 g/mol. The highest BCUT2D eigenvalue weighted by Gasteiger charge is 2.52. The highest BCUT2D eigenvalue weighted by atomic mass is 32.1. The Hall–Kier alpha value is -1.12. The van der Waals surface area contributed by atoms with Gasteiger partial charge in [-0.1, -0.05) is 0 Å². The van der Waals surface area contributed by atoms with Gasteiger partial charge >= 0.3 is 13.2 Å².